The van der Waals surface area contributed by atoms with Gasteiger partial charge in [-0.15, -0.1) is 0 Å². The van der Waals surface area contributed by atoms with Crippen LogP contribution < -0.4 is 10.6 Å². The van der Waals surface area contributed by atoms with Crippen LogP contribution in [0.1, 0.15) is 18.6 Å². The molecular weight excluding hydrogens is 264 g/mol. The van der Waals surface area contributed by atoms with Crippen molar-refractivity contribution in [2.24, 2.45) is 5.92 Å². The molecule has 21 heavy (non-hydrogen) atoms. The van der Waals surface area contributed by atoms with Gasteiger partial charge in [0.25, 0.3) is 0 Å². The van der Waals surface area contributed by atoms with Crippen LogP contribution in [0.15, 0.2) is 46.9 Å². The fraction of sp³-hybridized carbons (Fsp3) is 0.353. The smallest absolute Gasteiger partial charge is 0.233 e. The first-order valence-corrected chi connectivity index (χ1v) is 7.43. The van der Waals surface area contributed by atoms with Crippen molar-refractivity contribution in [1.29, 1.82) is 0 Å². The van der Waals surface area contributed by atoms with E-state index < -0.39 is 0 Å². The molecule has 0 unspecified atom stereocenters. The number of furan rings is 1. The van der Waals surface area contributed by atoms with Crippen LogP contribution in [0.2, 0.25) is 0 Å². The van der Waals surface area contributed by atoms with Gasteiger partial charge < -0.3 is 15.1 Å². The predicted molar refractivity (Wildman–Crippen MR) is 81.6 cm³/mol. The summed E-state index contributed by atoms with van der Waals surface area (Å²) in [5.74, 6) is 2.46. The van der Waals surface area contributed by atoms with Crippen LogP contribution in [-0.2, 0) is 11.3 Å². The fourth-order valence-corrected chi connectivity index (χ4v) is 2.17. The molecule has 1 heterocycles. The van der Waals surface area contributed by atoms with Crippen LogP contribution in [-0.4, -0.2) is 19.0 Å². The van der Waals surface area contributed by atoms with Gasteiger partial charge in [0.05, 0.1) is 13.1 Å². The quantitative estimate of drug-likeness (QED) is 0.821. The maximum Gasteiger partial charge on any atom is 0.233 e. The van der Waals surface area contributed by atoms with Crippen molar-refractivity contribution in [2.45, 2.75) is 19.4 Å². The topological polar surface area (TPSA) is 54.3 Å². The number of hydrogen-bond acceptors (Lipinski definition) is 3. The first-order valence-electron chi connectivity index (χ1n) is 7.43. The van der Waals surface area contributed by atoms with Crippen molar-refractivity contribution in [3.63, 3.8) is 0 Å². The van der Waals surface area contributed by atoms with E-state index in [1.807, 2.05) is 42.5 Å². The van der Waals surface area contributed by atoms with Gasteiger partial charge in [-0.25, -0.2) is 0 Å². The van der Waals surface area contributed by atoms with Crippen LogP contribution >= 0.6 is 0 Å². The van der Waals surface area contributed by atoms with Crippen molar-refractivity contribution in [1.82, 2.24) is 10.6 Å². The summed E-state index contributed by atoms with van der Waals surface area (Å²) in [6, 6.07) is 13.9. The second-order valence-electron chi connectivity index (χ2n) is 5.48. The van der Waals surface area contributed by atoms with Crippen molar-refractivity contribution in [2.75, 3.05) is 13.1 Å². The number of amides is 1. The third-order valence-electron chi connectivity index (χ3n) is 3.59. The van der Waals surface area contributed by atoms with Crippen molar-refractivity contribution in [3.8, 4) is 11.3 Å². The second-order valence-corrected chi connectivity index (χ2v) is 5.48. The molecule has 4 heteroatoms. The SMILES string of the molecule is O=C(CNCc1ccc(-c2ccccc2)o1)NCC1CC1. The number of rotatable bonds is 7. The Bertz CT molecular complexity index is 588. The molecule has 1 fully saturated rings. The third kappa shape index (κ3) is 4.20. The zero-order valence-electron chi connectivity index (χ0n) is 12.0. The zero-order chi connectivity index (χ0) is 14.5. The van der Waals surface area contributed by atoms with Crippen molar-refractivity contribution < 1.29 is 9.21 Å². The molecule has 110 valence electrons. The Labute approximate surface area is 124 Å². The summed E-state index contributed by atoms with van der Waals surface area (Å²) < 4.78 is 5.77. The second kappa shape index (κ2) is 6.59. The lowest BCUT2D eigenvalue weighted by Crippen LogP contribution is -2.34. The van der Waals surface area contributed by atoms with E-state index in [4.69, 9.17) is 4.42 Å². The van der Waals surface area contributed by atoms with Gasteiger partial charge in [-0.3, -0.25) is 4.79 Å². The summed E-state index contributed by atoms with van der Waals surface area (Å²) >= 11 is 0. The highest BCUT2D eigenvalue weighted by molar-refractivity contribution is 5.78. The molecule has 1 aromatic carbocycles. The standard InChI is InChI=1S/C17H20N2O2/c20-17(19-10-13-6-7-13)12-18-11-15-8-9-16(21-15)14-4-2-1-3-5-14/h1-5,8-9,13,18H,6-7,10-12H2,(H,19,20). The summed E-state index contributed by atoms with van der Waals surface area (Å²) in [7, 11) is 0. The Morgan fingerprint density at radius 3 is 2.71 bits per heavy atom. The van der Waals surface area contributed by atoms with Gasteiger partial charge in [0, 0.05) is 12.1 Å². The van der Waals surface area contributed by atoms with Gasteiger partial charge in [-0.05, 0) is 30.9 Å². The van der Waals surface area contributed by atoms with Gasteiger partial charge in [-0.2, -0.15) is 0 Å². The molecule has 2 aromatic rings. The Hall–Kier alpha value is -2.07. The average molecular weight is 284 g/mol. The Morgan fingerprint density at radius 1 is 1.14 bits per heavy atom. The number of benzene rings is 1. The highest BCUT2D eigenvalue weighted by atomic mass is 16.3. The molecule has 1 saturated carbocycles. The van der Waals surface area contributed by atoms with E-state index in [9.17, 15) is 4.79 Å². The van der Waals surface area contributed by atoms with Crippen LogP contribution in [0.3, 0.4) is 0 Å². The number of carbonyl (C=O) groups is 1. The van der Waals surface area contributed by atoms with E-state index in [0.717, 1.165) is 23.6 Å². The summed E-state index contributed by atoms with van der Waals surface area (Å²) in [5.41, 5.74) is 1.06. The third-order valence-corrected chi connectivity index (χ3v) is 3.59. The zero-order valence-corrected chi connectivity index (χ0v) is 12.0. The largest absolute Gasteiger partial charge is 0.460 e. The predicted octanol–water partition coefficient (Wildman–Crippen LogP) is 2.56. The first-order chi connectivity index (χ1) is 10.3. The maximum atomic E-state index is 11.6. The average Bonchev–Trinajstić information content (AvgIpc) is 3.23. The molecule has 2 N–H and O–H groups in total. The Kier molecular flexibility index (Phi) is 4.36. The van der Waals surface area contributed by atoms with Gasteiger partial charge in [0.1, 0.15) is 11.5 Å². The van der Waals surface area contributed by atoms with E-state index in [1.54, 1.807) is 0 Å². The summed E-state index contributed by atoms with van der Waals surface area (Å²) in [4.78, 5) is 11.6. The maximum absolute atomic E-state index is 11.6. The monoisotopic (exact) mass is 284 g/mol. The normalized spacial score (nSPS) is 14.1. The van der Waals surface area contributed by atoms with E-state index in [2.05, 4.69) is 10.6 Å². The van der Waals surface area contributed by atoms with Gasteiger partial charge >= 0.3 is 0 Å². The minimum Gasteiger partial charge on any atom is -0.460 e. The lowest BCUT2D eigenvalue weighted by molar-refractivity contribution is -0.120. The lowest BCUT2D eigenvalue weighted by atomic mass is 10.2. The molecule has 0 saturated heterocycles. The van der Waals surface area contributed by atoms with Crippen molar-refractivity contribution in [3.05, 3.63) is 48.2 Å². The summed E-state index contributed by atoms with van der Waals surface area (Å²) in [5, 5.41) is 6.03. The van der Waals surface area contributed by atoms with Crippen LogP contribution in [0.4, 0.5) is 0 Å². The lowest BCUT2D eigenvalue weighted by Gasteiger charge is -2.04. The Morgan fingerprint density at radius 2 is 1.95 bits per heavy atom. The van der Waals surface area contributed by atoms with Gasteiger partial charge in [0.2, 0.25) is 5.91 Å². The molecule has 1 aliphatic rings. The van der Waals surface area contributed by atoms with E-state index in [1.165, 1.54) is 12.8 Å². The molecule has 1 aromatic heterocycles. The Balaban J connectivity index is 1.43. The van der Waals surface area contributed by atoms with Gasteiger partial charge in [0.15, 0.2) is 0 Å². The molecule has 0 bridgehead atoms. The first kappa shape index (κ1) is 13.9. The van der Waals surface area contributed by atoms with Crippen LogP contribution in [0.25, 0.3) is 11.3 Å². The van der Waals surface area contributed by atoms with E-state index in [-0.39, 0.29) is 5.91 Å². The van der Waals surface area contributed by atoms with Crippen LogP contribution in [0, 0.1) is 5.92 Å². The molecule has 4 nitrogen and oxygen atoms in total. The molecule has 0 aliphatic heterocycles. The van der Waals surface area contributed by atoms with Crippen molar-refractivity contribution >= 4 is 5.91 Å². The molecule has 0 spiro atoms. The highest BCUT2D eigenvalue weighted by Crippen LogP contribution is 2.27. The molecule has 1 amide bonds. The molecule has 3 rings (SSSR count). The molecular formula is C17H20N2O2. The van der Waals surface area contributed by atoms with E-state index >= 15 is 0 Å². The summed E-state index contributed by atoms with van der Waals surface area (Å²) in [6.07, 6.45) is 2.50. The van der Waals surface area contributed by atoms with Gasteiger partial charge in [-0.1, -0.05) is 30.3 Å². The number of nitrogens with one attached hydrogen (secondary N) is 2. The van der Waals surface area contributed by atoms with Crippen LogP contribution in [0.5, 0.6) is 0 Å². The highest BCUT2D eigenvalue weighted by Gasteiger charge is 2.21. The molecule has 0 radical (unpaired) electrons. The summed E-state index contributed by atoms with van der Waals surface area (Å²) in [6.45, 7) is 1.71. The fourth-order valence-electron chi connectivity index (χ4n) is 2.17. The minimum atomic E-state index is 0.0525. The molecule has 0 atom stereocenters. The number of carbonyl (C=O) groups excluding carboxylic acids is 1. The molecule has 1 aliphatic carbocycles. The van der Waals surface area contributed by atoms with E-state index in [0.29, 0.717) is 19.0 Å². The number of hydrogen-bond donors (Lipinski definition) is 2. The minimum absolute atomic E-state index is 0.0525.